The maximum atomic E-state index is 12.5. The summed E-state index contributed by atoms with van der Waals surface area (Å²) < 4.78 is 0. The monoisotopic (exact) mass is 720 g/mol. The summed E-state index contributed by atoms with van der Waals surface area (Å²) in [5, 5.41) is 0. The summed E-state index contributed by atoms with van der Waals surface area (Å²) in [5.74, 6) is 24.6. The van der Waals surface area contributed by atoms with Crippen molar-refractivity contribution >= 4 is 11.6 Å². The summed E-state index contributed by atoms with van der Waals surface area (Å²) in [6, 6.07) is 0. The quantitative estimate of drug-likeness (QED) is 0.234. The summed E-state index contributed by atoms with van der Waals surface area (Å²) >= 11 is 0. The Morgan fingerprint density at radius 1 is 0.268 bits per heavy atom. The van der Waals surface area contributed by atoms with Crippen LogP contribution in [0.25, 0.3) is 0 Å². The molecular formula is C54H40O2. The molecule has 0 saturated carbocycles. The van der Waals surface area contributed by atoms with E-state index in [4.69, 9.17) is 0 Å². The number of carbonyl (C=O) groups excluding carboxylic acids is 2. The smallest absolute Gasteiger partial charge is 0.178 e. The zero-order chi connectivity index (χ0) is 38.9. The zero-order valence-electron chi connectivity index (χ0n) is 31.1. The van der Waals surface area contributed by atoms with Crippen LogP contribution in [0.1, 0.15) is 25.7 Å². The number of ketones is 2. The van der Waals surface area contributed by atoms with Crippen molar-refractivity contribution in [2.24, 2.45) is 0 Å². The van der Waals surface area contributed by atoms with Gasteiger partial charge >= 0.3 is 0 Å². The number of fused-ring (bicyclic) bond motifs is 8. The van der Waals surface area contributed by atoms with Crippen molar-refractivity contribution in [3.8, 4) is 47.4 Å². The topological polar surface area (TPSA) is 34.1 Å². The van der Waals surface area contributed by atoms with E-state index >= 15 is 0 Å². The summed E-state index contributed by atoms with van der Waals surface area (Å²) in [7, 11) is 0. The van der Waals surface area contributed by atoms with Crippen molar-refractivity contribution in [3.05, 3.63) is 239 Å². The van der Waals surface area contributed by atoms with Crippen LogP contribution in [0.2, 0.25) is 0 Å². The summed E-state index contributed by atoms with van der Waals surface area (Å²) in [6.45, 7) is 0. The lowest BCUT2D eigenvalue weighted by atomic mass is 10.0. The summed E-state index contributed by atoms with van der Waals surface area (Å²) in [5.41, 5.74) is 8.08. The number of hydrogen-bond acceptors (Lipinski definition) is 2. The largest absolute Gasteiger partial charge is 0.290 e. The molecule has 8 bridgehead atoms. The normalized spacial score (nSPS) is 23.1. The number of hydrogen-bond donors (Lipinski definition) is 0. The van der Waals surface area contributed by atoms with E-state index in [1.165, 1.54) is 0 Å². The lowest BCUT2D eigenvalue weighted by Gasteiger charge is -1.99. The second-order valence-corrected chi connectivity index (χ2v) is 12.7. The van der Waals surface area contributed by atoms with Gasteiger partial charge in [0.25, 0.3) is 0 Å². The minimum atomic E-state index is -0.103. The van der Waals surface area contributed by atoms with E-state index in [2.05, 4.69) is 47.4 Å². The first-order chi connectivity index (χ1) is 27.6. The molecule has 5 aliphatic rings. The van der Waals surface area contributed by atoms with Crippen molar-refractivity contribution in [2.45, 2.75) is 25.7 Å². The second kappa shape index (κ2) is 23.1. The molecule has 0 aromatic carbocycles. The van der Waals surface area contributed by atoms with Crippen LogP contribution in [-0.2, 0) is 9.59 Å². The first-order valence-electron chi connectivity index (χ1n) is 18.4. The average molecular weight is 721 g/mol. The van der Waals surface area contributed by atoms with Gasteiger partial charge in [-0.15, -0.1) is 0 Å². The van der Waals surface area contributed by atoms with Crippen LogP contribution in [-0.4, -0.2) is 11.6 Å². The van der Waals surface area contributed by atoms with Crippen LogP contribution in [0.3, 0.4) is 0 Å². The van der Waals surface area contributed by atoms with Crippen LogP contribution in [0.5, 0.6) is 0 Å². The lowest BCUT2D eigenvalue weighted by Crippen LogP contribution is -1.85. The Morgan fingerprint density at radius 3 is 0.732 bits per heavy atom. The lowest BCUT2D eigenvalue weighted by molar-refractivity contribution is -0.111. The minimum Gasteiger partial charge on any atom is -0.290 e. The Kier molecular flexibility index (Phi) is 16.4. The maximum absolute atomic E-state index is 12.5. The third-order valence-corrected chi connectivity index (χ3v) is 8.20. The molecule has 268 valence electrons. The average Bonchev–Trinajstić information content (AvgIpc) is 3.76. The van der Waals surface area contributed by atoms with Crippen LogP contribution in [0.15, 0.2) is 239 Å². The molecule has 2 nitrogen and oxygen atoms in total. The molecule has 0 unspecified atom stereocenters. The van der Waals surface area contributed by atoms with E-state index < -0.39 is 0 Å². The fourth-order valence-corrected chi connectivity index (χ4v) is 5.43. The Balaban J connectivity index is 1.31. The SMILES string of the molecule is O=C1/C=C/C=C\C2=CC=CC=C(C#CC#CC3=CC=CC=C(/C=C/C=C/C(=O)/C=C/C=C/C4=CC=CC=C(C#CC#CC5=CC=CC=C(/C=C/C=C/1)C5)C4)C3)C2. The molecule has 5 aliphatic carbocycles. The van der Waals surface area contributed by atoms with Gasteiger partial charge < -0.3 is 0 Å². The van der Waals surface area contributed by atoms with E-state index in [9.17, 15) is 9.59 Å². The van der Waals surface area contributed by atoms with Gasteiger partial charge in [-0.05, 0) is 70.3 Å². The molecule has 0 N–H and O–H groups in total. The van der Waals surface area contributed by atoms with Crippen molar-refractivity contribution in [3.63, 3.8) is 0 Å². The highest BCUT2D eigenvalue weighted by atomic mass is 16.1. The van der Waals surface area contributed by atoms with E-state index in [1.807, 2.05) is 146 Å². The first kappa shape index (κ1) is 39.6. The molecule has 0 heterocycles. The minimum absolute atomic E-state index is 0.103. The maximum Gasteiger partial charge on any atom is 0.178 e. The number of rotatable bonds is 0. The summed E-state index contributed by atoms with van der Waals surface area (Å²) in [4.78, 5) is 24.9. The molecule has 0 atom stereocenters. The van der Waals surface area contributed by atoms with Crippen LogP contribution in [0, 0.1) is 47.4 Å². The first-order valence-corrected chi connectivity index (χ1v) is 18.4. The van der Waals surface area contributed by atoms with Crippen molar-refractivity contribution in [1.29, 1.82) is 0 Å². The Bertz CT molecular complexity index is 2130. The Morgan fingerprint density at radius 2 is 0.482 bits per heavy atom. The van der Waals surface area contributed by atoms with Crippen molar-refractivity contribution in [2.75, 3.05) is 0 Å². The van der Waals surface area contributed by atoms with Gasteiger partial charge in [-0.1, -0.05) is 194 Å². The molecule has 0 spiro atoms. The standard InChI is InChI=1S/C54H40O2/c55-53-37-17-13-33-49-29-9-5-25-45(41-49)21-1-2-22-46-26-6-10-30-50(42-46)34-14-18-38-54(56)40-20-16-36-52-32-12-8-28-48(44-52)24-4-3-23-47-27-7-11-31-51(43-47)35-15-19-39-53/h5-20,25-40H,41-44H2/b33-13-,34-14+,35-15+,36-16+,37-17+,38-18+,39-19+,40-20+. The van der Waals surface area contributed by atoms with Gasteiger partial charge in [0.2, 0.25) is 0 Å². The molecule has 56 heavy (non-hydrogen) atoms. The molecular weight excluding hydrogens is 681 g/mol. The summed E-state index contributed by atoms with van der Waals surface area (Å²) in [6.07, 6.45) is 63.1. The van der Waals surface area contributed by atoms with Gasteiger partial charge in [-0.2, -0.15) is 0 Å². The molecule has 0 fully saturated rings. The highest BCUT2D eigenvalue weighted by molar-refractivity contribution is 6.00. The highest BCUT2D eigenvalue weighted by Crippen LogP contribution is 2.19. The van der Waals surface area contributed by atoms with Crippen LogP contribution in [0.4, 0.5) is 0 Å². The molecule has 5 rings (SSSR count). The van der Waals surface area contributed by atoms with Crippen molar-refractivity contribution in [1.82, 2.24) is 0 Å². The fraction of sp³-hybridized carbons (Fsp3) is 0.0741. The zero-order valence-corrected chi connectivity index (χ0v) is 31.1. The molecule has 0 saturated heterocycles. The van der Waals surface area contributed by atoms with Crippen molar-refractivity contribution < 1.29 is 9.59 Å². The van der Waals surface area contributed by atoms with Gasteiger partial charge in [0.1, 0.15) is 0 Å². The molecule has 0 aliphatic heterocycles. The van der Waals surface area contributed by atoms with E-state index in [1.54, 1.807) is 48.6 Å². The van der Waals surface area contributed by atoms with Gasteiger partial charge in [-0.25, -0.2) is 0 Å². The molecule has 0 aromatic rings. The Hall–Kier alpha value is -7.62. The third kappa shape index (κ3) is 15.5. The number of carbonyl (C=O) groups is 2. The Labute approximate surface area is 332 Å². The van der Waals surface area contributed by atoms with E-state index in [-0.39, 0.29) is 11.6 Å². The van der Waals surface area contributed by atoms with Gasteiger partial charge in [-0.3, -0.25) is 9.59 Å². The molecule has 0 radical (unpaired) electrons. The van der Waals surface area contributed by atoms with Crippen LogP contribution < -0.4 is 0 Å². The predicted octanol–water partition coefficient (Wildman–Crippen LogP) is 10.9. The number of allylic oxidation sites excluding steroid dienone is 40. The second-order valence-electron chi connectivity index (χ2n) is 12.7. The van der Waals surface area contributed by atoms with E-state index in [0.29, 0.717) is 25.7 Å². The predicted molar refractivity (Wildman–Crippen MR) is 234 cm³/mol. The van der Waals surface area contributed by atoms with Gasteiger partial charge in [0, 0.05) is 48.0 Å². The molecule has 2 heteroatoms. The van der Waals surface area contributed by atoms with Gasteiger partial charge in [0.05, 0.1) is 0 Å². The highest BCUT2D eigenvalue weighted by Gasteiger charge is 2.02. The molecule has 0 amide bonds. The molecule has 0 aromatic heterocycles. The van der Waals surface area contributed by atoms with E-state index in [0.717, 1.165) is 44.6 Å². The van der Waals surface area contributed by atoms with Crippen LogP contribution >= 0.6 is 0 Å². The fourth-order valence-electron chi connectivity index (χ4n) is 5.43. The third-order valence-electron chi connectivity index (χ3n) is 8.20. The van der Waals surface area contributed by atoms with Gasteiger partial charge in [0.15, 0.2) is 11.6 Å².